The van der Waals surface area contributed by atoms with Crippen LogP contribution in [0.25, 0.3) is 0 Å². The molecule has 16 heavy (non-hydrogen) atoms. The Morgan fingerprint density at radius 3 is 2.25 bits per heavy atom. The lowest BCUT2D eigenvalue weighted by Crippen LogP contribution is -2.26. The predicted octanol–water partition coefficient (Wildman–Crippen LogP) is 3.72. The van der Waals surface area contributed by atoms with E-state index in [-0.39, 0.29) is 0 Å². The molecule has 1 atom stereocenters. The summed E-state index contributed by atoms with van der Waals surface area (Å²) in [6, 6.07) is 8.77. The highest BCUT2D eigenvalue weighted by atomic mass is 32.2. The van der Waals surface area contributed by atoms with Gasteiger partial charge >= 0.3 is 0 Å². The Labute approximate surface area is 104 Å². The fourth-order valence-corrected chi connectivity index (χ4v) is 2.43. The van der Waals surface area contributed by atoms with Crippen molar-refractivity contribution in [2.45, 2.75) is 37.8 Å². The van der Waals surface area contributed by atoms with Crippen LogP contribution in [0.2, 0.25) is 0 Å². The molecule has 0 radical (unpaired) electrons. The highest BCUT2D eigenvalue weighted by Gasteiger charge is 2.04. The van der Waals surface area contributed by atoms with Crippen molar-refractivity contribution in [2.75, 3.05) is 13.1 Å². The highest BCUT2D eigenvalue weighted by Crippen LogP contribution is 2.22. The van der Waals surface area contributed by atoms with Gasteiger partial charge in [0.2, 0.25) is 0 Å². The second-order valence-electron chi connectivity index (χ2n) is 4.79. The Bertz CT molecular complexity index is 292. The summed E-state index contributed by atoms with van der Waals surface area (Å²) >= 11 is 1.94. The van der Waals surface area contributed by atoms with Crippen LogP contribution in [-0.2, 0) is 0 Å². The van der Waals surface area contributed by atoms with Crippen LogP contribution in [0.4, 0.5) is 0 Å². The number of hydrogen-bond donors (Lipinski definition) is 1. The summed E-state index contributed by atoms with van der Waals surface area (Å²) in [6.45, 7) is 11.1. The molecule has 0 fully saturated rings. The number of benzene rings is 1. The quantitative estimate of drug-likeness (QED) is 0.757. The third-order valence-corrected chi connectivity index (χ3v) is 3.46. The molecule has 1 aromatic carbocycles. The molecule has 0 aliphatic carbocycles. The largest absolute Gasteiger partial charge is 0.315 e. The lowest BCUT2D eigenvalue weighted by atomic mass is 10.2. The third-order valence-electron chi connectivity index (χ3n) is 2.34. The molecule has 0 spiro atoms. The Hall–Kier alpha value is -0.470. The molecular weight excluding hydrogens is 214 g/mol. The van der Waals surface area contributed by atoms with Crippen LogP contribution in [0, 0.1) is 12.8 Å². The van der Waals surface area contributed by atoms with Crippen LogP contribution < -0.4 is 5.32 Å². The van der Waals surface area contributed by atoms with Crippen LogP contribution in [0.3, 0.4) is 0 Å². The van der Waals surface area contributed by atoms with Gasteiger partial charge < -0.3 is 5.32 Å². The molecule has 0 bridgehead atoms. The number of nitrogens with one attached hydrogen (secondary N) is 1. The van der Waals surface area contributed by atoms with Crippen molar-refractivity contribution in [1.82, 2.24) is 5.32 Å². The molecule has 0 saturated carbocycles. The maximum atomic E-state index is 3.50. The van der Waals surface area contributed by atoms with Crippen molar-refractivity contribution in [1.29, 1.82) is 0 Å². The minimum absolute atomic E-state index is 0.626. The first kappa shape index (κ1) is 13.6. The summed E-state index contributed by atoms with van der Waals surface area (Å²) in [5.41, 5.74) is 1.33. The predicted molar refractivity (Wildman–Crippen MR) is 74.2 cm³/mol. The second-order valence-corrected chi connectivity index (χ2v) is 6.31. The van der Waals surface area contributed by atoms with E-state index < -0.39 is 0 Å². The van der Waals surface area contributed by atoms with E-state index in [9.17, 15) is 0 Å². The number of aryl methyl sites for hydroxylation is 1. The molecule has 1 N–H and O–H groups in total. The van der Waals surface area contributed by atoms with Gasteiger partial charge in [-0.15, -0.1) is 11.8 Å². The zero-order valence-electron chi connectivity index (χ0n) is 10.8. The van der Waals surface area contributed by atoms with Crippen molar-refractivity contribution < 1.29 is 0 Å². The Kier molecular flexibility index (Phi) is 5.93. The van der Waals surface area contributed by atoms with Crippen molar-refractivity contribution in [3.8, 4) is 0 Å². The van der Waals surface area contributed by atoms with Crippen molar-refractivity contribution in [2.24, 2.45) is 5.92 Å². The average molecular weight is 237 g/mol. The van der Waals surface area contributed by atoms with E-state index in [0.717, 1.165) is 19.0 Å². The maximum Gasteiger partial charge on any atom is 0.0191 e. The van der Waals surface area contributed by atoms with E-state index in [2.05, 4.69) is 57.3 Å². The topological polar surface area (TPSA) is 12.0 Å². The first-order valence-electron chi connectivity index (χ1n) is 6.02. The van der Waals surface area contributed by atoms with Crippen LogP contribution >= 0.6 is 11.8 Å². The van der Waals surface area contributed by atoms with Gasteiger partial charge in [0.1, 0.15) is 0 Å². The van der Waals surface area contributed by atoms with E-state index >= 15 is 0 Å². The van der Waals surface area contributed by atoms with Gasteiger partial charge in [0.25, 0.3) is 0 Å². The normalized spacial score (nSPS) is 13.1. The maximum absolute atomic E-state index is 3.50. The molecule has 1 nitrogen and oxygen atoms in total. The van der Waals surface area contributed by atoms with Crippen LogP contribution in [0.1, 0.15) is 26.3 Å². The highest BCUT2D eigenvalue weighted by molar-refractivity contribution is 8.00. The molecule has 0 amide bonds. The molecule has 0 heterocycles. The fraction of sp³-hybridized carbons (Fsp3) is 0.571. The van der Waals surface area contributed by atoms with Crippen LogP contribution in [-0.4, -0.2) is 18.3 Å². The Morgan fingerprint density at radius 1 is 1.06 bits per heavy atom. The molecule has 2 heteroatoms. The molecule has 1 unspecified atom stereocenters. The smallest absolute Gasteiger partial charge is 0.0191 e. The summed E-state index contributed by atoms with van der Waals surface area (Å²) in [6.07, 6.45) is 0. The lowest BCUT2D eigenvalue weighted by molar-refractivity contribution is 0.554. The zero-order chi connectivity index (χ0) is 12.0. The monoisotopic (exact) mass is 237 g/mol. The van der Waals surface area contributed by atoms with E-state index in [4.69, 9.17) is 0 Å². The SMILES string of the molecule is Cc1ccc(SC(C)CNCC(C)C)cc1. The molecule has 0 aromatic heterocycles. The number of thioether (sulfide) groups is 1. The first-order valence-corrected chi connectivity index (χ1v) is 6.90. The molecule has 0 aliphatic heterocycles. The van der Waals surface area contributed by atoms with E-state index in [1.54, 1.807) is 0 Å². The standard InChI is InChI=1S/C14H23NS/c1-11(2)9-15-10-13(4)16-14-7-5-12(3)6-8-14/h5-8,11,13,15H,9-10H2,1-4H3. The minimum Gasteiger partial charge on any atom is -0.315 e. The number of rotatable bonds is 6. The van der Waals surface area contributed by atoms with Gasteiger partial charge in [0, 0.05) is 16.7 Å². The molecule has 0 saturated heterocycles. The van der Waals surface area contributed by atoms with Gasteiger partial charge in [0.05, 0.1) is 0 Å². The van der Waals surface area contributed by atoms with E-state index in [1.165, 1.54) is 10.5 Å². The zero-order valence-corrected chi connectivity index (χ0v) is 11.6. The minimum atomic E-state index is 0.626. The van der Waals surface area contributed by atoms with Gasteiger partial charge in [-0.1, -0.05) is 38.5 Å². The van der Waals surface area contributed by atoms with Gasteiger partial charge in [-0.25, -0.2) is 0 Å². The van der Waals surface area contributed by atoms with Crippen molar-refractivity contribution in [3.05, 3.63) is 29.8 Å². The van der Waals surface area contributed by atoms with E-state index in [1.807, 2.05) is 11.8 Å². The number of hydrogen-bond acceptors (Lipinski definition) is 2. The average Bonchev–Trinajstić information content (AvgIpc) is 2.21. The van der Waals surface area contributed by atoms with Gasteiger partial charge in [0.15, 0.2) is 0 Å². The summed E-state index contributed by atoms with van der Waals surface area (Å²) < 4.78 is 0. The van der Waals surface area contributed by atoms with Gasteiger partial charge in [-0.05, 0) is 31.5 Å². The fourth-order valence-electron chi connectivity index (χ4n) is 1.47. The molecule has 90 valence electrons. The van der Waals surface area contributed by atoms with Crippen molar-refractivity contribution in [3.63, 3.8) is 0 Å². The van der Waals surface area contributed by atoms with Gasteiger partial charge in [-0.3, -0.25) is 0 Å². The lowest BCUT2D eigenvalue weighted by Gasteiger charge is -2.13. The van der Waals surface area contributed by atoms with Crippen LogP contribution in [0.15, 0.2) is 29.2 Å². The van der Waals surface area contributed by atoms with E-state index in [0.29, 0.717) is 5.25 Å². The summed E-state index contributed by atoms with van der Waals surface area (Å²) in [5, 5.41) is 4.12. The molecular formula is C14H23NS. The van der Waals surface area contributed by atoms with Gasteiger partial charge in [-0.2, -0.15) is 0 Å². The van der Waals surface area contributed by atoms with Crippen LogP contribution in [0.5, 0.6) is 0 Å². The Morgan fingerprint density at radius 2 is 1.69 bits per heavy atom. The summed E-state index contributed by atoms with van der Waals surface area (Å²) in [4.78, 5) is 1.37. The molecule has 1 aromatic rings. The Balaban J connectivity index is 2.28. The summed E-state index contributed by atoms with van der Waals surface area (Å²) in [5.74, 6) is 0.733. The molecule has 0 aliphatic rings. The third kappa shape index (κ3) is 5.57. The molecule has 1 rings (SSSR count). The second kappa shape index (κ2) is 6.97. The summed E-state index contributed by atoms with van der Waals surface area (Å²) in [7, 11) is 0. The van der Waals surface area contributed by atoms with Crippen molar-refractivity contribution >= 4 is 11.8 Å². The first-order chi connectivity index (χ1) is 7.58.